The van der Waals surface area contributed by atoms with Crippen LogP contribution in [-0.2, 0) is 23.9 Å². The van der Waals surface area contributed by atoms with Crippen LogP contribution in [0.1, 0.15) is 19.8 Å². The van der Waals surface area contributed by atoms with E-state index in [1.54, 1.807) is 6.92 Å². The Labute approximate surface area is 93.4 Å². The lowest BCUT2D eigenvalue weighted by Crippen LogP contribution is -2.44. The quantitative estimate of drug-likeness (QED) is 0.510. The molecule has 0 radical (unpaired) electrons. The first-order valence-electron chi connectivity index (χ1n) is 4.83. The largest absolute Gasteiger partial charge is 0.468 e. The molecule has 0 fully saturated rings. The standard InChI is InChI=1S/C11H14O5/c1-7-4-8(12)6-11(5-7,9(13)15-2)10(14)16-3/h4H,5-6H2,1-3H3. The van der Waals surface area contributed by atoms with E-state index in [2.05, 4.69) is 9.47 Å². The van der Waals surface area contributed by atoms with Gasteiger partial charge in [0.2, 0.25) is 0 Å². The van der Waals surface area contributed by atoms with Gasteiger partial charge in [-0.2, -0.15) is 0 Å². The number of carbonyl (C=O) groups is 3. The number of ether oxygens (including phenoxy) is 2. The molecule has 0 aromatic rings. The average Bonchev–Trinajstić information content (AvgIpc) is 2.25. The minimum Gasteiger partial charge on any atom is -0.468 e. The van der Waals surface area contributed by atoms with Gasteiger partial charge in [0.25, 0.3) is 0 Å². The summed E-state index contributed by atoms with van der Waals surface area (Å²) in [5.74, 6) is -1.71. The van der Waals surface area contributed by atoms with Crippen molar-refractivity contribution in [3.63, 3.8) is 0 Å². The zero-order chi connectivity index (χ0) is 12.3. The van der Waals surface area contributed by atoms with Gasteiger partial charge in [0.1, 0.15) is 0 Å². The van der Waals surface area contributed by atoms with E-state index < -0.39 is 17.4 Å². The molecule has 0 saturated heterocycles. The molecule has 0 atom stereocenters. The molecule has 0 spiro atoms. The van der Waals surface area contributed by atoms with Crippen molar-refractivity contribution in [3.05, 3.63) is 11.6 Å². The van der Waals surface area contributed by atoms with Crippen LogP contribution in [0.25, 0.3) is 0 Å². The van der Waals surface area contributed by atoms with Crippen molar-refractivity contribution in [2.24, 2.45) is 5.41 Å². The molecule has 0 aromatic heterocycles. The minimum atomic E-state index is -1.50. The molecule has 0 aliphatic heterocycles. The van der Waals surface area contributed by atoms with Crippen molar-refractivity contribution in [3.8, 4) is 0 Å². The number of allylic oxidation sites excluding steroid dienone is 2. The molecule has 0 bridgehead atoms. The third-order valence-corrected chi connectivity index (χ3v) is 2.62. The Kier molecular flexibility index (Phi) is 3.47. The molecular formula is C11H14O5. The summed E-state index contributed by atoms with van der Waals surface area (Å²) in [6.07, 6.45) is 1.41. The lowest BCUT2D eigenvalue weighted by Gasteiger charge is -2.30. The predicted octanol–water partition coefficient (Wildman–Crippen LogP) is 0.628. The maximum atomic E-state index is 11.7. The molecule has 16 heavy (non-hydrogen) atoms. The van der Waals surface area contributed by atoms with Gasteiger partial charge in [0.05, 0.1) is 14.2 Å². The van der Waals surface area contributed by atoms with Crippen LogP contribution >= 0.6 is 0 Å². The molecule has 0 N–H and O–H groups in total. The van der Waals surface area contributed by atoms with Crippen molar-refractivity contribution < 1.29 is 23.9 Å². The van der Waals surface area contributed by atoms with Crippen LogP contribution in [0.3, 0.4) is 0 Å². The van der Waals surface area contributed by atoms with Crippen molar-refractivity contribution in [2.45, 2.75) is 19.8 Å². The SMILES string of the molecule is COC(=O)C1(C(=O)OC)CC(=O)C=C(C)C1. The van der Waals surface area contributed by atoms with Gasteiger partial charge in [0, 0.05) is 6.42 Å². The summed E-state index contributed by atoms with van der Waals surface area (Å²) < 4.78 is 9.19. The number of methoxy groups -OCH3 is 2. The Bertz CT molecular complexity index is 351. The molecule has 0 heterocycles. The van der Waals surface area contributed by atoms with E-state index in [9.17, 15) is 14.4 Å². The van der Waals surface area contributed by atoms with Crippen molar-refractivity contribution >= 4 is 17.7 Å². The van der Waals surface area contributed by atoms with Crippen LogP contribution in [0, 0.1) is 5.41 Å². The van der Waals surface area contributed by atoms with E-state index in [1.807, 2.05) is 0 Å². The highest BCUT2D eigenvalue weighted by atomic mass is 16.5. The van der Waals surface area contributed by atoms with Crippen LogP contribution in [0.5, 0.6) is 0 Å². The van der Waals surface area contributed by atoms with Crippen LogP contribution in [0.4, 0.5) is 0 Å². The highest BCUT2D eigenvalue weighted by Crippen LogP contribution is 2.37. The molecule has 5 nitrogen and oxygen atoms in total. The highest BCUT2D eigenvalue weighted by Gasteiger charge is 2.51. The average molecular weight is 226 g/mol. The predicted molar refractivity (Wildman–Crippen MR) is 54.5 cm³/mol. The first-order chi connectivity index (χ1) is 7.46. The van der Waals surface area contributed by atoms with E-state index in [1.165, 1.54) is 20.3 Å². The summed E-state index contributed by atoms with van der Waals surface area (Å²) in [6, 6.07) is 0. The Morgan fingerprint density at radius 2 is 1.69 bits per heavy atom. The molecule has 0 unspecified atom stereocenters. The van der Waals surface area contributed by atoms with E-state index in [0.717, 1.165) is 0 Å². The first-order valence-corrected chi connectivity index (χ1v) is 4.83. The number of carbonyl (C=O) groups excluding carboxylic acids is 3. The summed E-state index contributed by atoms with van der Waals surface area (Å²) in [5.41, 5.74) is -0.827. The van der Waals surface area contributed by atoms with Gasteiger partial charge in [-0.05, 0) is 19.4 Å². The molecule has 1 aliphatic rings. The van der Waals surface area contributed by atoms with E-state index in [0.29, 0.717) is 5.57 Å². The van der Waals surface area contributed by atoms with Crippen molar-refractivity contribution in [2.75, 3.05) is 14.2 Å². The number of ketones is 1. The molecule has 5 heteroatoms. The third-order valence-electron chi connectivity index (χ3n) is 2.62. The van der Waals surface area contributed by atoms with Gasteiger partial charge in [-0.25, -0.2) is 0 Å². The molecule has 0 amide bonds. The Morgan fingerprint density at radius 1 is 1.19 bits per heavy atom. The van der Waals surface area contributed by atoms with Gasteiger partial charge in [-0.1, -0.05) is 5.57 Å². The summed E-state index contributed by atoms with van der Waals surface area (Å²) in [4.78, 5) is 34.8. The smallest absolute Gasteiger partial charge is 0.324 e. The zero-order valence-electron chi connectivity index (χ0n) is 9.53. The van der Waals surface area contributed by atoms with Crippen LogP contribution < -0.4 is 0 Å². The van der Waals surface area contributed by atoms with Crippen LogP contribution in [0.15, 0.2) is 11.6 Å². The van der Waals surface area contributed by atoms with Crippen LogP contribution in [-0.4, -0.2) is 31.9 Å². The molecular weight excluding hydrogens is 212 g/mol. The molecule has 1 aliphatic carbocycles. The maximum Gasteiger partial charge on any atom is 0.324 e. The summed E-state index contributed by atoms with van der Waals surface area (Å²) in [7, 11) is 2.37. The van der Waals surface area contributed by atoms with Gasteiger partial charge in [0.15, 0.2) is 11.2 Å². The fourth-order valence-corrected chi connectivity index (χ4v) is 1.98. The van der Waals surface area contributed by atoms with Gasteiger partial charge < -0.3 is 9.47 Å². The number of esters is 2. The molecule has 0 aromatic carbocycles. The van der Waals surface area contributed by atoms with Gasteiger partial charge in [-0.15, -0.1) is 0 Å². The third kappa shape index (κ3) is 1.98. The normalized spacial score (nSPS) is 18.7. The number of rotatable bonds is 2. The molecule has 1 rings (SSSR count). The number of hydrogen-bond acceptors (Lipinski definition) is 5. The number of hydrogen-bond donors (Lipinski definition) is 0. The Balaban J connectivity index is 3.16. The summed E-state index contributed by atoms with van der Waals surface area (Å²) in [5, 5.41) is 0. The molecule has 88 valence electrons. The molecule has 0 saturated carbocycles. The van der Waals surface area contributed by atoms with Crippen LogP contribution in [0.2, 0.25) is 0 Å². The van der Waals surface area contributed by atoms with Gasteiger partial charge >= 0.3 is 11.9 Å². The minimum absolute atomic E-state index is 0.165. The van der Waals surface area contributed by atoms with E-state index in [4.69, 9.17) is 0 Å². The second-order valence-electron chi connectivity index (χ2n) is 3.88. The topological polar surface area (TPSA) is 69.7 Å². The van der Waals surface area contributed by atoms with E-state index in [-0.39, 0.29) is 18.6 Å². The van der Waals surface area contributed by atoms with Crippen molar-refractivity contribution in [1.29, 1.82) is 0 Å². The van der Waals surface area contributed by atoms with E-state index >= 15 is 0 Å². The lowest BCUT2D eigenvalue weighted by atomic mass is 9.74. The lowest BCUT2D eigenvalue weighted by molar-refractivity contribution is -0.171. The fourth-order valence-electron chi connectivity index (χ4n) is 1.98. The Morgan fingerprint density at radius 3 is 2.06 bits per heavy atom. The second kappa shape index (κ2) is 4.47. The highest BCUT2D eigenvalue weighted by molar-refractivity contribution is 6.07. The van der Waals surface area contributed by atoms with Crippen molar-refractivity contribution in [1.82, 2.24) is 0 Å². The van der Waals surface area contributed by atoms with Gasteiger partial charge in [-0.3, -0.25) is 14.4 Å². The second-order valence-corrected chi connectivity index (χ2v) is 3.88. The maximum absolute atomic E-state index is 11.7. The first kappa shape index (κ1) is 12.4. The monoisotopic (exact) mass is 226 g/mol. The zero-order valence-corrected chi connectivity index (χ0v) is 9.53. The Hall–Kier alpha value is -1.65. The fraction of sp³-hybridized carbons (Fsp3) is 0.545. The summed E-state index contributed by atoms with van der Waals surface area (Å²) >= 11 is 0. The summed E-state index contributed by atoms with van der Waals surface area (Å²) in [6.45, 7) is 1.69.